The number of hydrogen-bond acceptors (Lipinski definition) is 5. The third-order valence-corrected chi connectivity index (χ3v) is 11.7. The summed E-state index contributed by atoms with van der Waals surface area (Å²) in [6, 6.07) is -0.690. The monoisotopic (exact) mass is 780 g/mol. The molecular weight excluding hydrogens is 683 g/mol. The summed E-state index contributed by atoms with van der Waals surface area (Å²) >= 11 is 0. The number of rotatable bonds is 45. The van der Waals surface area contributed by atoms with Crippen molar-refractivity contribution in [1.82, 2.24) is 5.32 Å². The minimum Gasteiger partial charge on any atom is -0.462 e. The molecular formula is C49H97NO5. The van der Waals surface area contributed by atoms with Gasteiger partial charge in [-0.1, -0.05) is 239 Å². The maximum atomic E-state index is 13.1. The smallest absolute Gasteiger partial charge is 0.306 e. The Hall–Kier alpha value is -1.14. The topological polar surface area (TPSA) is 95.9 Å². The zero-order chi connectivity index (χ0) is 40.3. The fourth-order valence-corrected chi connectivity index (χ4v) is 7.90. The van der Waals surface area contributed by atoms with Crippen LogP contribution in [0.4, 0.5) is 0 Å². The van der Waals surface area contributed by atoms with Crippen molar-refractivity contribution in [3.05, 3.63) is 0 Å². The van der Waals surface area contributed by atoms with Crippen molar-refractivity contribution in [2.24, 2.45) is 0 Å². The predicted molar refractivity (Wildman–Crippen MR) is 237 cm³/mol. The van der Waals surface area contributed by atoms with Gasteiger partial charge in [0, 0.05) is 6.42 Å². The molecule has 55 heavy (non-hydrogen) atoms. The molecule has 0 aromatic heterocycles. The number of carbonyl (C=O) groups excluding carboxylic acids is 2. The van der Waals surface area contributed by atoms with Gasteiger partial charge in [-0.3, -0.25) is 9.59 Å². The van der Waals surface area contributed by atoms with E-state index in [0.29, 0.717) is 19.3 Å². The number of hydrogen-bond donors (Lipinski definition) is 3. The van der Waals surface area contributed by atoms with Gasteiger partial charge in [0.1, 0.15) is 6.10 Å². The van der Waals surface area contributed by atoms with Crippen LogP contribution in [0, 0.1) is 0 Å². The molecule has 0 aliphatic heterocycles. The fraction of sp³-hybridized carbons (Fsp3) is 0.959. The second-order valence-electron chi connectivity index (χ2n) is 17.2. The van der Waals surface area contributed by atoms with Crippen molar-refractivity contribution in [3.8, 4) is 0 Å². The average Bonchev–Trinajstić information content (AvgIpc) is 3.18. The highest BCUT2D eigenvalue weighted by Crippen LogP contribution is 2.18. The molecule has 0 aliphatic carbocycles. The molecule has 328 valence electrons. The molecule has 0 rings (SSSR count). The van der Waals surface area contributed by atoms with Crippen LogP contribution in [-0.4, -0.2) is 46.9 Å². The minimum absolute atomic E-state index is 0.0867. The van der Waals surface area contributed by atoms with Gasteiger partial charge in [-0.2, -0.15) is 0 Å². The Morgan fingerprint density at radius 1 is 0.455 bits per heavy atom. The van der Waals surface area contributed by atoms with E-state index < -0.39 is 18.2 Å². The van der Waals surface area contributed by atoms with Crippen molar-refractivity contribution < 1.29 is 24.5 Å². The SMILES string of the molecule is CCCCCCCCCCCCCCCCCC(O)C(CO)NC(=O)CC(CCCCCCCCCCC)OC(=O)CCCCCCCCCCCCCC. The van der Waals surface area contributed by atoms with Crippen LogP contribution in [0.1, 0.15) is 278 Å². The van der Waals surface area contributed by atoms with Crippen LogP contribution in [0.15, 0.2) is 0 Å². The largest absolute Gasteiger partial charge is 0.462 e. The summed E-state index contributed by atoms with van der Waals surface area (Å²) in [5.41, 5.74) is 0. The molecule has 0 aromatic rings. The molecule has 0 spiro atoms. The van der Waals surface area contributed by atoms with E-state index in [0.717, 1.165) is 44.9 Å². The molecule has 0 bridgehead atoms. The molecule has 6 nitrogen and oxygen atoms in total. The standard InChI is InChI=1S/C49H97NO5/c1-4-7-10-13-16-19-21-23-24-25-26-29-32-35-38-41-47(52)46(44-51)50-48(53)43-45(40-37-34-31-28-18-15-12-9-6-3)55-49(54)42-39-36-33-30-27-22-20-17-14-11-8-5-2/h45-47,51-52H,4-44H2,1-3H3,(H,50,53). The molecule has 1 amide bonds. The average molecular weight is 780 g/mol. The predicted octanol–water partition coefficient (Wildman–Crippen LogP) is 14.4. The van der Waals surface area contributed by atoms with Crippen LogP contribution < -0.4 is 5.32 Å². The van der Waals surface area contributed by atoms with E-state index in [2.05, 4.69) is 26.1 Å². The van der Waals surface area contributed by atoms with Crippen LogP contribution in [0.2, 0.25) is 0 Å². The Morgan fingerprint density at radius 2 is 0.764 bits per heavy atom. The highest BCUT2D eigenvalue weighted by Gasteiger charge is 2.24. The zero-order valence-electron chi connectivity index (χ0n) is 37.3. The first-order chi connectivity index (χ1) is 27.0. The number of esters is 1. The van der Waals surface area contributed by atoms with Crippen LogP contribution >= 0.6 is 0 Å². The van der Waals surface area contributed by atoms with E-state index in [1.807, 2.05) is 0 Å². The molecule has 0 saturated carbocycles. The first-order valence-corrected chi connectivity index (χ1v) is 24.8. The quantitative estimate of drug-likeness (QED) is 0.0422. The van der Waals surface area contributed by atoms with E-state index in [1.54, 1.807) is 0 Å². The number of aliphatic hydroxyl groups is 2. The van der Waals surface area contributed by atoms with Crippen LogP contribution in [0.3, 0.4) is 0 Å². The van der Waals surface area contributed by atoms with Crippen molar-refractivity contribution >= 4 is 11.9 Å². The van der Waals surface area contributed by atoms with Gasteiger partial charge in [0.25, 0.3) is 0 Å². The molecule has 0 aromatic carbocycles. The van der Waals surface area contributed by atoms with E-state index in [-0.39, 0.29) is 24.9 Å². The van der Waals surface area contributed by atoms with Crippen LogP contribution in [-0.2, 0) is 14.3 Å². The van der Waals surface area contributed by atoms with Crippen LogP contribution in [0.25, 0.3) is 0 Å². The lowest BCUT2D eigenvalue weighted by atomic mass is 10.0. The highest BCUT2D eigenvalue weighted by atomic mass is 16.5. The third-order valence-electron chi connectivity index (χ3n) is 11.7. The number of nitrogens with one attached hydrogen (secondary N) is 1. The highest BCUT2D eigenvalue weighted by molar-refractivity contribution is 5.77. The molecule has 0 fully saturated rings. The summed E-state index contributed by atoms with van der Waals surface area (Å²) < 4.78 is 5.90. The Morgan fingerprint density at radius 3 is 1.11 bits per heavy atom. The lowest BCUT2D eigenvalue weighted by Gasteiger charge is -2.24. The fourth-order valence-electron chi connectivity index (χ4n) is 7.90. The molecule has 0 aliphatic rings. The van der Waals surface area contributed by atoms with Gasteiger partial charge in [0.15, 0.2) is 0 Å². The van der Waals surface area contributed by atoms with Crippen molar-refractivity contribution in [2.75, 3.05) is 6.61 Å². The van der Waals surface area contributed by atoms with Crippen LogP contribution in [0.5, 0.6) is 0 Å². The second-order valence-corrected chi connectivity index (χ2v) is 17.2. The molecule has 6 heteroatoms. The summed E-state index contributed by atoms with van der Waals surface area (Å²) in [5.74, 6) is -0.457. The first-order valence-electron chi connectivity index (χ1n) is 24.8. The summed E-state index contributed by atoms with van der Waals surface area (Å²) in [6.45, 7) is 6.49. The van der Waals surface area contributed by atoms with Gasteiger partial charge in [-0.05, 0) is 25.7 Å². The lowest BCUT2D eigenvalue weighted by molar-refractivity contribution is -0.151. The Bertz CT molecular complexity index is 791. The van der Waals surface area contributed by atoms with Gasteiger partial charge in [0.05, 0.1) is 25.2 Å². The van der Waals surface area contributed by atoms with Gasteiger partial charge >= 0.3 is 5.97 Å². The maximum absolute atomic E-state index is 13.1. The third kappa shape index (κ3) is 39.5. The normalized spacial score (nSPS) is 13.2. The lowest BCUT2D eigenvalue weighted by Crippen LogP contribution is -2.46. The maximum Gasteiger partial charge on any atom is 0.306 e. The number of unbranched alkanes of at least 4 members (excludes halogenated alkanes) is 33. The van der Waals surface area contributed by atoms with E-state index in [1.165, 1.54) is 186 Å². The molecule has 3 N–H and O–H groups in total. The van der Waals surface area contributed by atoms with Crippen molar-refractivity contribution in [3.63, 3.8) is 0 Å². The molecule has 3 unspecified atom stereocenters. The number of ether oxygens (including phenoxy) is 1. The first kappa shape index (κ1) is 53.9. The summed E-state index contributed by atoms with van der Waals surface area (Å²) in [4.78, 5) is 26.0. The number of carbonyl (C=O) groups is 2. The summed E-state index contributed by atoms with van der Waals surface area (Å²) in [6.07, 6.45) is 45.9. The van der Waals surface area contributed by atoms with Gasteiger partial charge in [-0.15, -0.1) is 0 Å². The van der Waals surface area contributed by atoms with Crippen molar-refractivity contribution in [2.45, 2.75) is 296 Å². The molecule has 3 atom stereocenters. The van der Waals surface area contributed by atoms with E-state index in [4.69, 9.17) is 4.74 Å². The Labute approximate surface area is 343 Å². The second kappa shape index (κ2) is 44.0. The Kier molecular flexibility index (Phi) is 43.1. The van der Waals surface area contributed by atoms with Crippen molar-refractivity contribution in [1.29, 1.82) is 0 Å². The summed E-state index contributed by atoms with van der Waals surface area (Å²) in [7, 11) is 0. The Balaban J connectivity index is 4.42. The molecule has 0 heterocycles. The number of amides is 1. The van der Waals surface area contributed by atoms with Gasteiger partial charge in [-0.25, -0.2) is 0 Å². The van der Waals surface area contributed by atoms with Gasteiger partial charge in [0.2, 0.25) is 5.91 Å². The zero-order valence-corrected chi connectivity index (χ0v) is 37.3. The minimum atomic E-state index is -0.778. The van der Waals surface area contributed by atoms with E-state index >= 15 is 0 Å². The molecule has 0 radical (unpaired) electrons. The van der Waals surface area contributed by atoms with Gasteiger partial charge < -0.3 is 20.3 Å². The number of aliphatic hydroxyl groups excluding tert-OH is 2. The molecule has 0 saturated heterocycles. The summed E-state index contributed by atoms with van der Waals surface area (Å²) in [5, 5.41) is 23.7. The van der Waals surface area contributed by atoms with E-state index in [9.17, 15) is 19.8 Å².